The number of pyridine rings is 6. The molecule has 0 fully saturated rings. The van der Waals surface area contributed by atoms with E-state index in [1.54, 1.807) is 6.20 Å². The first-order valence-electron chi connectivity index (χ1n) is 42.2. The van der Waals surface area contributed by atoms with E-state index in [4.69, 9.17) is 21.8 Å². The van der Waals surface area contributed by atoms with Gasteiger partial charge < -0.3 is 17.7 Å². The highest BCUT2D eigenvalue weighted by Gasteiger charge is 2.45. The lowest BCUT2D eigenvalue weighted by molar-refractivity contribution is -0.658. The second-order valence-corrected chi connectivity index (χ2v) is 32.0. The van der Waals surface area contributed by atoms with Crippen LogP contribution in [0.15, 0.2) is 284 Å². The molecular weight excluding hydrogens is 1450 g/mol. The van der Waals surface area contributed by atoms with Crippen molar-refractivity contribution in [3.63, 3.8) is 0 Å². The molecule has 14 heterocycles. The molecule has 0 saturated heterocycles. The normalized spacial score (nSPS) is 14.1. The largest absolute Gasteiger partial charge is 0.465 e. The third-order valence-electron chi connectivity index (χ3n) is 23.8. The van der Waals surface area contributed by atoms with E-state index < -0.39 is 6.85 Å². The van der Waals surface area contributed by atoms with Crippen molar-refractivity contribution >= 4 is 141 Å². The maximum Gasteiger partial charge on any atom is 0.447 e. The summed E-state index contributed by atoms with van der Waals surface area (Å²) < 4.78 is 57.6. The van der Waals surface area contributed by atoms with Crippen molar-refractivity contribution in [1.29, 1.82) is 0 Å². The quantitative estimate of drug-likeness (QED) is 0.108. The fraction of sp³-hybridized carbons (Fsp3) is 0.180. The van der Waals surface area contributed by atoms with Crippen molar-refractivity contribution in [2.75, 3.05) is 19.2 Å². The van der Waals surface area contributed by atoms with E-state index in [1.165, 1.54) is 77.6 Å². The van der Waals surface area contributed by atoms with Gasteiger partial charge in [-0.1, -0.05) is 158 Å². The van der Waals surface area contributed by atoms with E-state index in [1.807, 2.05) is 92.2 Å². The number of allylic oxidation sites excluding steroid dienone is 4. The van der Waals surface area contributed by atoms with Gasteiger partial charge in [0.1, 0.15) is 34.0 Å². The molecule has 18 heteroatoms. The Labute approximate surface area is 697 Å². The van der Waals surface area contributed by atoms with Gasteiger partial charge in [0, 0.05) is 107 Å². The van der Waals surface area contributed by atoms with E-state index in [9.17, 15) is 0 Å². The number of aromatic nitrogens is 6. The smallest absolute Gasteiger partial charge is 0.447 e. The number of hydrogen-bond acceptors (Lipinski definition) is 10. The minimum absolute atomic E-state index is 0.0455. The molecule has 0 radical (unpaired) electrons. The molecule has 14 nitrogen and oxygen atoms in total. The number of para-hydroxylation sites is 2. The highest BCUT2D eigenvalue weighted by Crippen LogP contribution is 2.38. The fourth-order valence-corrected chi connectivity index (χ4v) is 18.1. The van der Waals surface area contributed by atoms with Crippen LogP contribution in [0.1, 0.15) is 88.1 Å². The molecule has 10 aromatic heterocycles. The molecule has 0 aliphatic carbocycles. The van der Waals surface area contributed by atoms with Gasteiger partial charge in [-0.3, -0.25) is 19.2 Å². The number of anilines is 4. The number of hydrogen-bond donors (Lipinski definition) is 0. The van der Waals surface area contributed by atoms with Crippen molar-refractivity contribution in [3.05, 3.63) is 322 Å². The topological polar surface area (TPSA) is 107 Å². The van der Waals surface area contributed by atoms with Gasteiger partial charge in [0.05, 0.1) is 75.8 Å². The van der Waals surface area contributed by atoms with E-state index in [-0.39, 0.29) is 27.4 Å². The highest BCUT2D eigenvalue weighted by molar-refractivity contribution is 6.80. The molecule has 0 N–H and O–H groups in total. The van der Waals surface area contributed by atoms with E-state index in [2.05, 4.69) is 334 Å². The summed E-state index contributed by atoms with van der Waals surface area (Å²) in [4.78, 5) is 18.6. The SMILES string of the molecule is CB1c2c(oc3nc(C)ccc23)C=C(C)N1c1cc(-c2ccccc2)c(C)c[n+]1C.CB1c2c(oc3nc(C)ccc23)C=C(C)N1c1cc(C)c(-c2ccccc2)c[n+]1C.CB1c2oc3ccccc3c2C=C(C)N1c1cc(C)c(-c2ccccc2)c[n+]1C.[2H]C([2H])([2H])c1c[n+](C)c(N2B(C)c3oc4ccccc4c3C=C2C)cc1-c1ccccc1. The third kappa shape index (κ3) is 14.1. The second kappa shape index (κ2) is 31.4. The van der Waals surface area contributed by atoms with Crippen molar-refractivity contribution in [2.24, 2.45) is 28.2 Å². The molecule has 0 unspecified atom stereocenters. The minimum Gasteiger partial charge on any atom is -0.465 e. The summed E-state index contributed by atoms with van der Waals surface area (Å²) in [7, 11) is 8.25. The summed E-state index contributed by atoms with van der Waals surface area (Å²) in [6.45, 7) is 26.1. The third-order valence-corrected chi connectivity index (χ3v) is 23.8. The Morgan fingerprint density at radius 2 is 0.636 bits per heavy atom. The van der Waals surface area contributed by atoms with Gasteiger partial charge in [-0.05, 0) is 201 Å². The van der Waals surface area contributed by atoms with Gasteiger partial charge in [-0.15, -0.1) is 0 Å². The van der Waals surface area contributed by atoms with Crippen LogP contribution in [0.3, 0.4) is 0 Å². The van der Waals surface area contributed by atoms with Crippen LogP contribution < -0.4 is 59.8 Å². The molecule has 0 bridgehead atoms. The molecule has 16 aromatic rings. The van der Waals surface area contributed by atoms with Crippen LogP contribution in [0.2, 0.25) is 27.3 Å². The number of furan rings is 4. The summed E-state index contributed by atoms with van der Waals surface area (Å²) >= 11 is 0. The zero-order valence-corrected chi connectivity index (χ0v) is 70.3. The van der Waals surface area contributed by atoms with E-state index >= 15 is 0 Å². The minimum atomic E-state index is -2.22. The Kier molecular flexibility index (Phi) is 19.6. The van der Waals surface area contributed by atoms with Crippen LogP contribution in [0.5, 0.6) is 0 Å². The van der Waals surface area contributed by atoms with Gasteiger partial charge in [-0.2, -0.15) is 0 Å². The first-order valence-corrected chi connectivity index (χ1v) is 40.7. The van der Waals surface area contributed by atoms with Gasteiger partial charge in [0.2, 0.25) is 11.4 Å². The zero-order valence-electron chi connectivity index (χ0n) is 73.3. The van der Waals surface area contributed by atoms with Crippen LogP contribution in [0, 0.1) is 41.5 Å². The van der Waals surface area contributed by atoms with Crippen molar-refractivity contribution in [1.82, 2.24) is 9.97 Å². The maximum atomic E-state index is 8.09. The molecule has 6 aromatic carbocycles. The molecule has 4 aliphatic heterocycles. The first-order chi connectivity index (χ1) is 58.2. The average molecular weight is 1550 g/mol. The number of benzene rings is 6. The monoisotopic (exact) mass is 1550 g/mol. The highest BCUT2D eigenvalue weighted by atomic mass is 16.4. The number of rotatable bonds is 8. The predicted molar refractivity (Wildman–Crippen MR) is 491 cm³/mol. The van der Waals surface area contributed by atoms with Gasteiger partial charge in [0.15, 0.2) is 0 Å². The molecular formula is C100H98B4N10O4+4. The molecule has 20 rings (SSSR count). The summed E-state index contributed by atoms with van der Waals surface area (Å²) in [6.07, 6.45) is 17.1. The summed E-state index contributed by atoms with van der Waals surface area (Å²) in [5, 5.41) is 4.49. The lowest BCUT2D eigenvalue weighted by atomic mass is 9.54. The molecule has 118 heavy (non-hydrogen) atoms. The number of fused-ring (bicyclic) bond motifs is 12. The lowest BCUT2D eigenvalue weighted by Gasteiger charge is -2.27. The van der Waals surface area contributed by atoms with Crippen molar-refractivity contribution < 1.29 is 40.0 Å². The summed E-state index contributed by atoms with van der Waals surface area (Å²) in [5.74, 6) is 6.22. The summed E-state index contributed by atoms with van der Waals surface area (Å²) in [6, 6.07) is 75.0. The van der Waals surface area contributed by atoms with Crippen molar-refractivity contribution in [3.8, 4) is 44.5 Å². The maximum absolute atomic E-state index is 8.09. The summed E-state index contributed by atoms with van der Waals surface area (Å²) in [5.41, 5.74) is 29.7. The second-order valence-electron chi connectivity index (χ2n) is 32.0. The van der Waals surface area contributed by atoms with Crippen molar-refractivity contribution in [2.45, 2.75) is 96.5 Å². The Morgan fingerprint density at radius 3 is 1.03 bits per heavy atom. The van der Waals surface area contributed by atoms with E-state index in [0.29, 0.717) is 11.1 Å². The fourth-order valence-electron chi connectivity index (χ4n) is 18.1. The van der Waals surface area contributed by atoms with Gasteiger partial charge in [-0.25, -0.2) is 28.2 Å². The first kappa shape index (κ1) is 73.7. The number of aryl methyl sites for hydroxylation is 10. The Balaban J connectivity index is 0.000000115. The van der Waals surface area contributed by atoms with Gasteiger partial charge in [0.25, 0.3) is 23.3 Å². The lowest BCUT2D eigenvalue weighted by Crippen LogP contribution is -2.52. The number of nitrogens with zero attached hydrogens (tertiary/aromatic N) is 10. The van der Waals surface area contributed by atoms with Gasteiger partial charge >= 0.3 is 27.4 Å². The molecule has 4 aliphatic rings. The van der Waals surface area contributed by atoms with Crippen LogP contribution in [0.4, 0.5) is 23.3 Å². The Morgan fingerprint density at radius 1 is 0.314 bits per heavy atom. The van der Waals surface area contributed by atoms with Crippen LogP contribution in [-0.2, 0) is 28.2 Å². The molecule has 0 amide bonds. The Bertz CT molecular complexity index is 6880. The standard InChI is InChI=1S/2C25H25BN3O.2C25H24BN2O/c1-16-15-28(5)23(14-21(16)19-9-7-6-8-10-19)29-18(3)13-22-24(26(29)4)20-12-11-17(2)27-25(20)30-22;1-16-13-23(28(5)15-21(16)19-9-7-6-8-10-19)29-18(3)14-22-24(26(29)4)20-12-11-17(2)27-25(20)30-22;1-17-16-27(4)24(15-21(17)19-10-6-5-7-11-19)28-18(2)14-22-20-12-8-9-13-23(20)29-25(22)26(28)3;1-17-14-24(27(4)16-22(17)19-10-6-5-7-11-19)28-18(2)15-21-20-12-8-9-13-23(20)29-25(21)26(28)3/h2*6-15H,1-5H3;2*5-16H,1-4H3/q4*+1/i;;1D3;. The predicted octanol–water partition coefficient (Wildman–Crippen LogP) is 19.2. The molecule has 0 saturated carbocycles. The Hall–Kier alpha value is -13.2. The van der Waals surface area contributed by atoms with Crippen LogP contribution in [0.25, 0.3) is 113 Å². The molecule has 580 valence electrons. The van der Waals surface area contributed by atoms with Crippen LogP contribution in [-0.4, -0.2) is 37.4 Å². The zero-order chi connectivity index (χ0) is 84.7. The van der Waals surface area contributed by atoms with E-state index in [0.717, 1.165) is 124 Å². The molecule has 0 atom stereocenters. The van der Waals surface area contributed by atoms with Crippen LogP contribution >= 0.6 is 0 Å². The molecule has 0 spiro atoms. The average Bonchev–Trinajstić information content (AvgIpc) is 1.25.